The van der Waals surface area contributed by atoms with Crippen LogP contribution in [0.5, 0.6) is 0 Å². The Morgan fingerprint density at radius 1 is 1.41 bits per heavy atom. The van der Waals surface area contributed by atoms with E-state index in [1.54, 1.807) is 0 Å². The van der Waals surface area contributed by atoms with Gasteiger partial charge in [-0.1, -0.05) is 20.8 Å². The zero-order valence-electron chi connectivity index (χ0n) is 12.1. The fourth-order valence-corrected chi connectivity index (χ4v) is 1.58. The van der Waals surface area contributed by atoms with E-state index in [1.807, 2.05) is 13.8 Å². The molecule has 0 aliphatic heterocycles. The van der Waals surface area contributed by atoms with E-state index in [9.17, 15) is 4.79 Å². The number of aliphatic carboxylic acids is 1. The summed E-state index contributed by atoms with van der Waals surface area (Å²) in [6.45, 7) is 11.2. The first kappa shape index (κ1) is 16.4. The fraction of sp³-hybridized carbons (Fsp3) is 0.923. The van der Waals surface area contributed by atoms with Crippen LogP contribution in [0.25, 0.3) is 0 Å². The van der Waals surface area contributed by atoms with Gasteiger partial charge in [0.25, 0.3) is 0 Å². The van der Waals surface area contributed by atoms with Gasteiger partial charge in [-0.3, -0.25) is 4.79 Å². The Morgan fingerprint density at radius 2 is 1.94 bits per heavy atom. The summed E-state index contributed by atoms with van der Waals surface area (Å²) in [5.41, 5.74) is 0.126. The van der Waals surface area contributed by atoms with Gasteiger partial charge in [0, 0.05) is 18.1 Å². The topological polar surface area (TPSA) is 52.6 Å². The predicted octanol–water partition coefficient (Wildman–Crippen LogP) is 1.95. The second kappa shape index (κ2) is 6.97. The summed E-state index contributed by atoms with van der Waals surface area (Å²) in [6.07, 6.45) is 1.69. The van der Waals surface area contributed by atoms with Crippen LogP contribution in [0.4, 0.5) is 0 Å². The van der Waals surface area contributed by atoms with Gasteiger partial charge in [0.1, 0.15) is 6.04 Å². The van der Waals surface area contributed by atoms with Crippen LogP contribution in [0.15, 0.2) is 0 Å². The van der Waals surface area contributed by atoms with Crippen LogP contribution >= 0.6 is 0 Å². The van der Waals surface area contributed by atoms with E-state index in [1.165, 1.54) is 0 Å². The van der Waals surface area contributed by atoms with Crippen LogP contribution in [-0.2, 0) is 4.79 Å². The number of hydrogen-bond donors (Lipinski definition) is 2. The minimum absolute atomic E-state index is 0.126. The highest BCUT2D eigenvalue weighted by atomic mass is 16.4. The molecule has 0 aromatic carbocycles. The van der Waals surface area contributed by atoms with E-state index in [-0.39, 0.29) is 11.6 Å². The molecule has 0 amide bonds. The van der Waals surface area contributed by atoms with Gasteiger partial charge in [-0.15, -0.1) is 0 Å². The summed E-state index contributed by atoms with van der Waals surface area (Å²) in [5.74, 6) is -0.763. The minimum Gasteiger partial charge on any atom is -0.480 e. The van der Waals surface area contributed by atoms with Crippen molar-refractivity contribution in [3.05, 3.63) is 0 Å². The zero-order valence-corrected chi connectivity index (χ0v) is 12.1. The number of carbonyl (C=O) groups is 1. The lowest BCUT2D eigenvalue weighted by Gasteiger charge is -2.35. The Hall–Kier alpha value is -0.610. The van der Waals surface area contributed by atoms with Gasteiger partial charge in [0.2, 0.25) is 0 Å². The standard InChI is InChI=1S/C13H28N2O2/c1-7-13(4,5)15(6)9-8-11(12(16)17)14-10(2)3/h10-11,14H,7-9H2,1-6H3,(H,16,17). The molecule has 0 saturated heterocycles. The molecule has 4 nitrogen and oxygen atoms in total. The average Bonchev–Trinajstić information content (AvgIpc) is 2.22. The number of rotatable bonds is 8. The van der Waals surface area contributed by atoms with E-state index in [0.717, 1.165) is 13.0 Å². The third-order valence-electron chi connectivity index (χ3n) is 3.48. The molecule has 0 aromatic heterocycles. The summed E-state index contributed by atoms with van der Waals surface area (Å²) in [5, 5.41) is 12.2. The van der Waals surface area contributed by atoms with Crippen LogP contribution in [0.3, 0.4) is 0 Å². The normalized spacial score (nSPS) is 14.4. The highest BCUT2D eigenvalue weighted by molar-refractivity contribution is 5.73. The number of carboxylic acids is 1. The molecule has 4 heteroatoms. The summed E-state index contributed by atoms with van der Waals surface area (Å²) in [4.78, 5) is 13.3. The summed E-state index contributed by atoms with van der Waals surface area (Å²) >= 11 is 0. The van der Waals surface area contributed by atoms with Gasteiger partial charge in [-0.05, 0) is 33.7 Å². The summed E-state index contributed by atoms with van der Waals surface area (Å²) < 4.78 is 0. The SMILES string of the molecule is CCC(C)(C)N(C)CCC(NC(C)C)C(=O)O. The quantitative estimate of drug-likeness (QED) is 0.685. The van der Waals surface area contributed by atoms with Crippen LogP contribution in [0.2, 0.25) is 0 Å². The largest absolute Gasteiger partial charge is 0.480 e. The maximum atomic E-state index is 11.1. The molecule has 0 aliphatic rings. The van der Waals surface area contributed by atoms with Gasteiger partial charge in [0.15, 0.2) is 0 Å². The van der Waals surface area contributed by atoms with Crippen molar-refractivity contribution in [2.45, 2.75) is 65.1 Å². The minimum atomic E-state index is -0.763. The van der Waals surface area contributed by atoms with Gasteiger partial charge < -0.3 is 15.3 Å². The molecule has 0 bridgehead atoms. The molecular weight excluding hydrogens is 216 g/mol. The number of nitrogens with one attached hydrogen (secondary N) is 1. The van der Waals surface area contributed by atoms with Crippen LogP contribution in [-0.4, -0.2) is 47.2 Å². The number of hydrogen-bond acceptors (Lipinski definition) is 3. The Balaban J connectivity index is 4.26. The first-order valence-corrected chi connectivity index (χ1v) is 6.40. The number of nitrogens with zero attached hydrogens (tertiary/aromatic N) is 1. The maximum Gasteiger partial charge on any atom is 0.320 e. The molecule has 2 N–H and O–H groups in total. The Bertz CT molecular complexity index is 240. The van der Waals surface area contributed by atoms with Crippen LogP contribution < -0.4 is 5.32 Å². The Morgan fingerprint density at radius 3 is 2.29 bits per heavy atom. The second-order valence-electron chi connectivity index (χ2n) is 5.59. The van der Waals surface area contributed by atoms with Gasteiger partial charge in [-0.25, -0.2) is 0 Å². The highest BCUT2D eigenvalue weighted by Crippen LogP contribution is 2.16. The van der Waals surface area contributed by atoms with E-state index >= 15 is 0 Å². The second-order valence-corrected chi connectivity index (χ2v) is 5.59. The van der Waals surface area contributed by atoms with Crippen molar-refractivity contribution >= 4 is 5.97 Å². The first-order valence-electron chi connectivity index (χ1n) is 6.40. The molecule has 1 atom stereocenters. The molecule has 0 rings (SSSR count). The Kier molecular flexibility index (Phi) is 6.72. The van der Waals surface area contributed by atoms with Gasteiger partial charge in [-0.2, -0.15) is 0 Å². The molecule has 1 unspecified atom stereocenters. The maximum absolute atomic E-state index is 11.1. The van der Waals surface area contributed by atoms with Crippen molar-refractivity contribution in [3.63, 3.8) is 0 Å². The van der Waals surface area contributed by atoms with Crippen molar-refractivity contribution in [2.24, 2.45) is 0 Å². The first-order chi connectivity index (χ1) is 7.70. The molecule has 0 saturated carbocycles. The van der Waals surface area contributed by atoms with Crippen molar-refractivity contribution in [1.82, 2.24) is 10.2 Å². The monoisotopic (exact) mass is 244 g/mol. The average molecular weight is 244 g/mol. The van der Waals surface area contributed by atoms with Crippen molar-refractivity contribution in [1.29, 1.82) is 0 Å². The predicted molar refractivity (Wildman–Crippen MR) is 71.3 cm³/mol. The van der Waals surface area contributed by atoms with E-state index in [0.29, 0.717) is 6.42 Å². The lowest BCUT2D eigenvalue weighted by Crippen LogP contribution is -2.46. The smallest absolute Gasteiger partial charge is 0.320 e. The molecule has 102 valence electrons. The lowest BCUT2D eigenvalue weighted by molar-refractivity contribution is -0.140. The number of carboxylic acid groups (broad SMARTS) is 1. The highest BCUT2D eigenvalue weighted by Gasteiger charge is 2.24. The molecule has 0 aromatic rings. The van der Waals surface area contributed by atoms with Crippen LogP contribution in [0, 0.1) is 0 Å². The molecule has 0 heterocycles. The van der Waals surface area contributed by atoms with Crippen molar-refractivity contribution < 1.29 is 9.90 Å². The van der Waals surface area contributed by atoms with Crippen LogP contribution in [0.1, 0.15) is 47.5 Å². The Labute approximate surface area is 105 Å². The molecule has 0 aliphatic carbocycles. The van der Waals surface area contributed by atoms with E-state index < -0.39 is 12.0 Å². The zero-order chi connectivity index (χ0) is 13.6. The molecule has 0 spiro atoms. The molecular formula is C13H28N2O2. The molecule has 0 fully saturated rings. The molecule has 17 heavy (non-hydrogen) atoms. The van der Waals surface area contributed by atoms with Gasteiger partial charge >= 0.3 is 5.97 Å². The third-order valence-corrected chi connectivity index (χ3v) is 3.48. The van der Waals surface area contributed by atoms with E-state index in [2.05, 4.69) is 38.0 Å². The third kappa shape index (κ3) is 6.03. The van der Waals surface area contributed by atoms with Gasteiger partial charge in [0.05, 0.1) is 0 Å². The van der Waals surface area contributed by atoms with Crippen molar-refractivity contribution in [3.8, 4) is 0 Å². The fourth-order valence-electron chi connectivity index (χ4n) is 1.58. The van der Waals surface area contributed by atoms with E-state index in [4.69, 9.17) is 5.11 Å². The molecule has 0 radical (unpaired) electrons. The lowest BCUT2D eigenvalue weighted by atomic mass is 9.99. The van der Waals surface area contributed by atoms with Crippen molar-refractivity contribution in [2.75, 3.05) is 13.6 Å². The summed E-state index contributed by atoms with van der Waals surface area (Å²) in [6, 6.07) is -0.259. The summed E-state index contributed by atoms with van der Waals surface area (Å²) in [7, 11) is 2.05.